The number of hydrogen-bond acceptors (Lipinski definition) is 2. The van der Waals surface area contributed by atoms with Crippen LogP contribution in [0.25, 0.3) is 0 Å². The van der Waals surface area contributed by atoms with Crippen molar-refractivity contribution in [3.8, 4) is 0 Å². The van der Waals surface area contributed by atoms with Gasteiger partial charge < -0.3 is 5.32 Å². The Morgan fingerprint density at radius 1 is 1.36 bits per heavy atom. The Labute approximate surface area is 79.9 Å². The minimum absolute atomic E-state index is 0.955. The number of rotatable bonds is 2. The predicted molar refractivity (Wildman–Crippen MR) is 54.3 cm³/mol. The van der Waals surface area contributed by atoms with Gasteiger partial charge in [0, 0.05) is 20.8 Å². The van der Waals surface area contributed by atoms with Crippen LogP contribution in [0.4, 0.5) is 0 Å². The molecular weight excluding hydrogens is 222 g/mol. The maximum atomic E-state index is 3.57. The highest BCUT2D eigenvalue weighted by Crippen LogP contribution is 2.31. The first-order valence-corrected chi connectivity index (χ1v) is 5.16. The van der Waals surface area contributed by atoms with Crippen molar-refractivity contribution in [2.24, 2.45) is 0 Å². The zero-order chi connectivity index (χ0) is 8.43. The van der Waals surface area contributed by atoms with E-state index in [4.69, 9.17) is 0 Å². The van der Waals surface area contributed by atoms with E-state index in [1.165, 1.54) is 19.8 Å². The molecule has 3 heteroatoms. The lowest BCUT2D eigenvalue weighted by Gasteiger charge is -1.98. The Morgan fingerprint density at radius 3 is 2.36 bits per heavy atom. The van der Waals surface area contributed by atoms with Gasteiger partial charge in [0.15, 0.2) is 0 Å². The van der Waals surface area contributed by atoms with Crippen LogP contribution >= 0.6 is 27.3 Å². The number of aryl methyl sites for hydroxylation is 2. The molecule has 0 saturated carbocycles. The van der Waals surface area contributed by atoms with Gasteiger partial charge in [0.2, 0.25) is 0 Å². The Balaban J connectivity index is 3.02. The maximum absolute atomic E-state index is 3.57. The summed E-state index contributed by atoms with van der Waals surface area (Å²) in [5.41, 5.74) is 1.40. The maximum Gasteiger partial charge on any atom is 0.0359 e. The molecule has 1 aromatic rings. The molecular formula is C8H12BrNS. The van der Waals surface area contributed by atoms with Gasteiger partial charge in [0.25, 0.3) is 0 Å². The fourth-order valence-electron chi connectivity index (χ4n) is 1.08. The van der Waals surface area contributed by atoms with Crippen LogP contribution in [0.15, 0.2) is 4.47 Å². The molecule has 62 valence electrons. The summed E-state index contributed by atoms with van der Waals surface area (Å²) in [6, 6.07) is 0. The van der Waals surface area contributed by atoms with Gasteiger partial charge in [-0.05, 0) is 42.4 Å². The lowest BCUT2D eigenvalue weighted by molar-refractivity contribution is 0.813. The summed E-state index contributed by atoms with van der Waals surface area (Å²) in [6.07, 6.45) is 0. The molecule has 0 aliphatic heterocycles. The van der Waals surface area contributed by atoms with E-state index < -0.39 is 0 Å². The fourth-order valence-corrected chi connectivity index (χ4v) is 2.86. The Morgan fingerprint density at radius 2 is 2.00 bits per heavy atom. The van der Waals surface area contributed by atoms with Crippen LogP contribution in [0.2, 0.25) is 0 Å². The molecule has 0 aliphatic carbocycles. The predicted octanol–water partition coefficient (Wildman–Crippen LogP) is 2.85. The molecule has 1 N–H and O–H groups in total. The van der Waals surface area contributed by atoms with Gasteiger partial charge in [-0.25, -0.2) is 0 Å². The summed E-state index contributed by atoms with van der Waals surface area (Å²) in [4.78, 5) is 2.77. The summed E-state index contributed by atoms with van der Waals surface area (Å²) >= 11 is 5.42. The molecule has 0 atom stereocenters. The topological polar surface area (TPSA) is 12.0 Å². The van der Waals surface area contributed by atoms with Crippen LogP contribution in [-0.2, 0) is 6.54 Å². The van der Waals surface area contributed by atoms with E-state index in [2.05, 4.69) is 35.1 Å². The zero-order valence-electron chi connectivity index (χ0n) is 6.99. The number of halogens is 1. The second kappa shape index (κ2) is 3.70. The van der Waals surface area contributed by atoms with E-state index in [1.807, 2.05) is 18.4 Å². The highest BCUT2D eigenvalue weighted by atomic mass is 79.9. The zero-order valence-corrected chi connectivity index (χ0v) is 9.40. The molecule has 1 aromatic heterocycles. The van der Waals surface area contributed by atoms with Crippen molar-refractivity contribution < 1.29 is 0 Å². The summed E-state index contributed by atoms with van der Waals surface area (Å²) in [6.45, 7) is 5.26. The normalized spacial score (nSPS) is 10.5. The lowest BCUT2D eigenvalue weighted by atomic mass is 10.2. The van der Waals surface area contributed by atoms with Gasteiger partial charge in [-0.15, -0.1) is 11.3 Å². The molecule has 1 heterocycles. The average molecular weight is 234 g/mol. The third kappa shape index (κ3) is 1.83. The van der Waals surface area contributed by atoms with Crippen LogP contribution < -0.4 is 5.32 Å². The molecule has 0 amide bonds. The molecule has 0 saturated heterocycles. The summed E-state index contributed by atoms with van der Waals surface area (Å²) in [5, 5.41) is 3.16. The molecule has 0 radical (unpaired) electrons. The molecule has 0 unspecified atom stereocenters. The second-order valence-corrected chi connectivity index (χ2v) is 4.76. The van der Waals surface area contributed by atoms with Crippen LogP contribution in [0, 0.1) is 13.8 Å². The fraction of sp³-hybridized carbons (Fsp3) is 0.500. The first-order chi connectivity index (χ1) is 5.16. The third-order valence-corrected chi connectivity index (χ3v) is 4.06. The highest BCUT2D eigenvalue weighted by molar-refractivity contribution is 9.10. The quantitative estimate of drug-likeness (QED) is 0.829. The number of thiophene rings is 1. The first kappa shape index (κ1) is 9.23. The van der Waals surface area contributed by atoms with Crippen molar-refractivity contribution in [2.75, 3.05) is 7.05 Å². The smallest absolute Gasteiger partial charge is 0.0359 e. The van der Waals surface area contributed by atoms with E-state index in [0.29, 0.717) is 0 Å². The van der Waals surface area contributed by atoms with Gasteiger partial charge in [0.05, 0.1) is 0 Å². The molecule has 0 aliphatic rings. The van der Waals surface area contributed by atoms with Crippen LogP contribution in [0.3, 0.4) is 0 Å². The second-order valence-electron chi connectivity index (χ2n) is 2.54. The van der Waals surface area contributed by atoms with Crippen molar-refractivity contribution >= 4 is 27.3 Å². The van der Waals surface area contributed by atoms with Gasteiger partial charge in [-0.3, -0.25) is 0 Å². The molecule has 11 heavy (non-hydrogen) atoms. The standard InChI is InChI=1S/C8H12BrNS/c1-5-7(4-10-3)8(9)6(2)11-5/h10H,4H2,1-3H3. The van der Waals surface area contributed by atoms with E-state index in [9.17, 15) is 0 Å². The summed E-state index contributed by atoms with van der Waals surface area (Å²) < 4.78 is 1.27. The van der Waals surface area contributed by atoms with Gasteiger partial charge in [-0.1, -0.05) is 0 Å². The first-order valence-electron chi connectivity index (χ1n) is 3.55. The molecule has 0 fully saturated rings. The van der Waals surface area contributed by atoms with Gasteiger partial charge >= 0.3 is 0 Å². The Hall–Kier alpha value is 0.140. The van der Waals surface area contributed by atoms with E-state index in [1.54, 1.807) is 0 Å². The Bertz CT molecular complexity index is 255. The van der Waals surface area contributed by atoms with E-state index >= 15 is 0 Å². The molecule has 0 aromatic carbocycles. The summed E-state index contributed by atoms with van der Waals surface area (Å²) in [7, 11) is 1.97. The minimum Gasteiger partial charge on any atom is -0.316 e. The molecule has 0 bridgehead atoms. The van der Waals surface area contributed by atoms with Crippen molar-refractivity contribution in [3.05, 3.63) is 19.8 Å². The largest absolute Gasteiger partial charge is 0.316 e. The SMILES string of the molecule is CNCc1c(C)sc(C)c1Br. The molecule has 0 spiro atoms. The van der Waals surface area contributed by atoms with Gasteiger partial charge in [0.1, 0.15) is 0 Å². The van der Waals surface area contributed by atoms with Crippen molar-refractivity contribution in [1.82, 2.24) is 5.32 Å². The third-order valence-electron chi connectivity index (χ3n) is 1.66. The van der Waals surface area contributed by atoms with Crippen LogP contribution in [0.1, 0.15) is 15.3 Å². The van der Waals surface area contributed by atoms with Crippen LogP contribution in [0.5, 0.6) is 0 Å². The highest BCUT2D eigenvalue weighted by Gasteiger charge is 2.08. The minimum atomic E-state index is 0.955. The van der Waals surface area contributed by atoms with Crippen molar-refractivity contribution in [3.63, 3.8) is 0 Å². The summed E-state index contributed by atoms with van der Waals surface area (Å²) in [5.74, 6) is 0. The van der Waals surface area contributed by atoms with Crippen molar-refractivity contribution in [1.29, 1.82) is 0 Å². The molecule has 1 rings (SSSR count). The van der Waals surface area contributed by atoms with E-state index in [0.717, 1.165) is 6.54 Å². The average Bonchev–Trinajstić information content (AvgIpc) is 2.17. The molecule has 1 nitrogen and oxygen atoms in total. The van der Waals surface area contributed by atoms with E-state index in [-0.39, 0.29) is 0 Å². The monoisotopic (exact) mass is 233 g/mol. The number of nitrogens with one attached hydrogen (secondary N) is 1. The van der Waals surface area contributed by atoms with Crippen molar-refractivity contribution in [2.45, 2.75) is 20.4 Å². The Kier molecular flexibility index (Phi) is 3.10. The lowest BCUT2D eigenvalue weighted by Crippen LogP contribution is -2.05. The van der Waals surface area contributed by atoms with Crippen LogP contribution in [-0.4, -0.2) is 7.05 Å². The number of hydrogen-bond donors (Lipinski definition) is 1. The van der Waals surface area contributed by atoms with Gasteiger partial charge in [-0.2, -0.15) is 0 Å².